The van der Waals surface area contributed by atoms with E-state index in [1.165, 1.54) is 6.07 Å². The van der Waals surface area contributed by atoms with Crippen molar-refractivity contribution in [3.05, 3.63) is 29.8 Å². The Hall–Kier alpha value is -1.42. The maximum atomic E-state index is 13.4. The van der Waals surface area contributed by atoms with E-state index in [1.807, 2.05) is 0 Å². The third kappa shape index (κ3) is 3.62. The molecular weight excluding hydrogens is 265 g/mol. The highest BCUT2D eigenvalue weighted by molar-refractivity contribution is 5.76. The quantitative estimate of drug-likeness (QED) is 0.844. The van der Waals surface area contributed by atoms with Crippen molar-refractivity contribution in [3.8, 4) is 0 Å². The van der Waals surface area contributed by atoms with Gasteiger partial charge in [-0.3, -0.25) is 0 Å². The predicted octanol–water partition coefficient (Wildman–Crippen LogP) is 3.75. The van der Waals surface area contributed by atoms with Gasteiger partial charge in [-0.15, -0.1) is 0 Å². The smallest absolute Gasteiger partial charge is 0.125 e. The van der Waals surface area contributed by atoms with Crippen molar-refractivity contribution in [2.24, 2.45) is 17.6 Å². The molecule has 0 fully saturated rings. The normalized spacial score (nSPS) is 13.2. The molecule has 1 aromatic carbocycles. The van der Waals surface area contributed by atoms with Crippen LogP contribution in [0.15, 0.2) is 18.2 Å². The summed E-state index contributed by atoms with van der Waals surface area (Å²) in [7, 11) is 0. The van der Waals surface area contributed by atoms with Crippen molar-refractivity contribution >= 4 is 11.0 Å². The number of nitrogens with two attached hydrogens (primary N) is 1. The summed E-state index contributed by atoms with van der Waals surface area (Å²) in [5, 5.41) is 0. The lowest BCUT2D eigenvalue weighted by atomic mass is 9.88. The third-order valence-corrected chi connectivity index (χ3v) is 4.32. The zero-order valence-corrected chi connectivity index (χ0v) is 13.3. The Kier molecular flexibility index (Phi) is 5.34. The first-order valence-corrected chi connectivity index (χ1v) is 7.91. The van der Waals surface area contributed by atoms with Gasteiger partial charge in [-0.05, 0) is 56.3 Å². The molecule has 1 unspecified atom stereocenters. The zero-order valence-electron chi connectivity index (χ0n) is 13.3. The minimum Gasteiger partial charge on any atom is -0.330 e. The maximum absolute atomic E-state index is 13.4. The molecule has 2 N–H and O–H groups in total. The molecule has 0 spiro atoms. The fraction of sp³-hybridized carbons (Fsp3) is 0.588. The second kappa shape index (κ2) is 7.03. The highest BCUT2D eigenvalue weighted by Gasteiger charge is 2.16. The number of aryl methyl sites for hydroxylation is 2. The van der Waals surface area contributed by atoms with Crippen molar-refractivity contribution in [1.29, 1.82) is 0 Å². The number of imidazole rings is 1. The second-order valence-corrected chi connectivity index (χ2v) is 6.03. The Morgan fingerprint density at radius 1 is 1.29 bits per heavy atom. The second-order valence-electron chi connectivity index (χ2n) is 6.03. The summed E-state index contributed by atoms with van der Waals surface area (Å²) in [5.74, 6) is 2.11. The average molecular weight is 291 g/mol. The van der Waals surface area contributed by atoms with Crippen molar-refractivity contribution in [1.82, 2.24) is 9.55 Å². The minimum absolute atomic E-state index is 0.202. The summed E-state index contributed by atoms with van der Waals surface area (Å²) in [4.78, 5) is 4.68. The van der Waals surface area contributed by atoms with Crippen LogP contribution < -0.4 is 5.73 Å². The van der Waals surface area contributed by atoms with Crippen molar-refractivity contribution in [3.63, 3.8) is 0 Å². The maximum Gasteiger partial charge on any atom is 0.125 e. The Balaban J connectivity index is 2.21. The molecule has 0 saturated heterocycles. The first-order chi connectivity index (χ1) is 10.1. The number of hydrogen-bond donors (Lipinski definition) is 1. The number of hydrogen-bond acceptors (Lipinski definition) is 2. The summed E-state index contributed by atoms with van der Waals surface area (Å²) in [6, 6.07) is 4.82. The van der Waals surface area contributed by atoms with E-state index in [0.717, 1.165) is 49.2 Å². The van der Waals surface area contributed by atoms with Gasteiger partial charge < -0.3 is 10.3 Å². The van der Waals surface area contributed by atoms with Gasteiger partial charge in [-0.1, -0.05) is 13.8 Å². The lowest BCUT2D eigenvalue weighted by Crippen LogP contribution is -2.16. The lowest BCUT2D eigenvalue weighted by Gasteiger charge is -2.20. The van der Waals surface area contributed by atoms with Crippen molar-refractivity contribution in [2.75, 3.05) is 6.54 Å². The molecule has 0 amide bonds. The standard InChI is InChI=1S/C17H26FN3/c1-4-21-16-11-14(18)6-7-15(16)20-17(21)8-5-13(9-10-19)12(2)3/h6-7,11-13H,4-5,8-10,19H2,1-3H3. The van der Waals surface area contributed by atoms with Crippen LogP contribution in [0.1, 0.15) is 39.4 Å². The van der Waals surface area contributed by atoms with Gasteiger partial charge in [0, 0.05) is 13.0 Å². The van der Waals surface area contributed by atoms with Crippen LogP contribution in [-0.4, -0.2) is 16.1 Å². The van der Waals surface area contributed by atoms with Gasteiger partial charge in [0.1, 0.15) is 11.6 Å². The molecular formula is C17H26FN3. The minimum atomic E-state index is -0.202. The van der Waals surface area contributed by atoms with Gasteiger partial charge in [0.25, 0.3) is 0 Å². The highest BCUT2D eigenvalue weighted by Crippen LogP contribution is 2.23. The molecule has 0 radical (unpaired) electrons. The number of benzene rings is 1. The summed E-state index contributed by atoms with van der Waals surface area (Å²) >= 11 is 0. The molecule has 2 rings (SSSR count). The molecule has 0 aliphatic rings. The van der Waals surface area contributed by atoms with E-state index < -0.39 is 0 Å². The first-order valence-electron chi connectivity index (χ1n) is 7.91. The Morgan fingerprint density at radius 3 is 2.67 bits per heavy atom. The molecule has 1 atom stereocenters. The van der Waals surface area contributed by atoms with Crippen LogP contribution in [0.3, 0.4) is 0 Å². The molecule has 0 saturated carbocycles. The van der Waals surface area contributed by atoms with Gasteiger partial charge >= 0.3 is 0 Å². The molecule has 3 nitrogen and oxygen atoms in total. The molecule has 21 heavy (non-hydrogen) atoms. The van der Waals surface area contributed by atoms with Crippen LogP contribution in [0, 0.1) is 17.7 Å². The number of aromatic nitrogens is 2. The van der Waals surface area contributed by atoms with Crippen LogP contribution in [-0.2, 0) is 13.0 Å². The highest BCUT2D eigenvalue weighted by atomic mass is 19.1. The number of halogens is 1. The Morgan fingerprint density at radius 2 is 2.05 bits per heavy atom. The third-order valence-electron chi connectivity index (χ3n) is 4.32. The SMILES string of the molecule is CCn1c(CCC(CCN)C(C)C)nc2ccc(F)cc21. The largest absolute Gasteiger partial charge is 0.330 e. The summed E-state index contributed by atoms with van der Waals surface area (Å²) < 4.78 is 15.6. The molecule has 1 aromatic heterocycles. The summed E-state index contributed by atoms with van der Waals surface area (Å²) in [6.07, 6.45) is 3.06. The summed E-state index contributed by atoms with van der Waals surface area (Å²) in [6.45, 7) is 8.13. The van der Waals surface area contributed by atoms with Crippen molar-refractivity contribution in [2.45, 2.75) is 46.6 Å². The molecule has 1 heterocycles. The molecule has 0 aliphatic carbocycles. The topological polar surface area (TPSA) is 43.8 Å². The first kappa shape index (κ1) is 16.0. The van der Waals surface area contributed by atoms with E-state index in [-0.39, 0.29) is 5.82 Å². The number of nitrogens with zero attached hydrogens (tertiary/aromatic N) is 2. The Labute approximate surface area is 126 Å². The van der Waals surface area contributed by atoms with E-state index in [4.69, 9.17) is 5.73 Å². The van der Waals surface area contributed by atoms with Crippen molar-refractivity contribution < 1.29 is 4.39 Å². The molecule has 116 valence electrons. The summed E-state index contributed by atoms with van der Waals surface area (Å²) in [5.41, 5.74) is 7.49. The number of rotatable bonds is 7. The van der Waals surface area contributed by atoms with Gasteiger partial charge in [0.2, 0.25) is 0 Å². The fourth-order valence-electron chi connectivity index (χ4n) is 3.03. The fourth-order valence-corrected chi connectivity index (χ4v) is 3.03. The van der Waals surface area contributed by atoms with Crippen LogP contribution in [0.25, 0.3) is 11.0 Å². The lowest BCUT2D eigenvalue weighted by molar-refractivity contribution is 0.338. The van der Waals surface area contributed by atoms with Crippen LogP contribution >= 0.6 is 0 Å². The Bertz CT molecular complexity index is 589. The molecule has 0 aliphatic heterocycles. The monoisotopic (exact) mass is 291 g/mol. The van der Waals surface area contributed by atoms with Gasteiger partial charge in [-0.2, -0.15) is 0 Å². The van der Waals surface area contributed by atoms with Crippen LogP contribution in [0.4, 0.5) is 4.39 Å². The molecule has 2 aromatic rings. The van der Waals surface area contributed by atoms with Crippen LogP contribution in [0.5, 0.6) is 0 Å². The van der Waals surface area contributed by atoms with E-state index >= 15 is 0 Å². The van der Waals surface area contributed by atoms with E-state index in [1.54, 1.807) is 12.1 Å². The average Bonchev–Trinajstić information content (AvgIpc) is 2.79. The zero-order chi connectivity index (χ0) is 15.4. The van der Waals surface area contributed by atoms with E-state index in [2.05, 4.69) is 30.3 Å². The van der Waals surface area contributed by atoms with E-state index in [9.17, 15) is 4.39 Å². The van der Waals surface area contributed by atoms with E-state index in [0.29, 0.717) is 11.8 Å². The van der Waals surface area contributed by atoms with Crippen LogP contribution in [0.2, 0.25) is 0 Å². The van der Waals surface area contributed by atoms with Gasteiger partial charge in [-0.25, -0.2) is 9.37 Å². The predicted molar refractivity (Wildman–Crippen MR) is 85.7 cm³/mol. The van der Waals surface area contributed by atoms with Gasteiger partial charge in [0.15, 0.2) is 0 Å². The van der Waals surface area contributed by atoms with Gasteiger partial charge in [0.05, 0.1) is 11.0 Å². The molecule has 0 bridgehead atoms. The molecule has 4 heteroatoms. The number of fused-ring (bicyclic) bond motifs is 1.